The Kier molecular flexibility index (Phi) is 1.83. The molecule has 0 aromatic rings. The molecule has 3 rings (SSSR count). The highest BCUT2D eigenvalue weighted by Crippen LogP contribution is 2.49. The molecule has 0 amide bonds. The molecular formula is C12H17NO. The van der Waals surface area contributed by atoms with Crippen molar-refractivity contribution >= 4 is 0 Å². The normalized spacial score (nSPS) is 39.5. The predicted molar refractivity (Wildman–Crippen MR) is 55.9 cm³/mol. The summed E-state index contributed by atoms with van der Waals surface area (Å²) in [5, 5.41) is 9.68. The Morgan fingerprint density at radius 2 is 2.14 bits per heavy atom. The Balaban J connectivity index is 1.59. The van der Waals surface area contributed by atoms with E-state index in [1.54, 1.807) is 0 Å². The maximum atomic E-state index is 9.68. The van der Waals surface area contributed by atoms with Gasteiger partial charge < -0.3 is 5.11 Å². The first-order valence-corrected chi connectivity index (χ1v) is 5.56. The van der Waals surface area contributed by atoms with Crippen molar-refractivity contribution in [3.63, 3.8) is 0 Å². The van der Waals surface area contributed by atoms with E-state index in [0.29, 0.717) is 11.5 Å². The number of aliphatic hydroxyl groups is 1. The third-order valence-corrected chi connectivity index (χ3v) is 4.09. The zero-order chi connectivity index (χ0) is 9.60. The summed E-state index contributed by atoms with van der Waals surface area (Å²) in [5.74, 6) is 0. The highest BCUT2D eigenvalue weighted by molar-refractivity contribution is 5.17. The van der Waals surface area contributed by atoms with E-state index in [0.717, 1.165) is 25.9 Å². The van der Waals surface area contributed by atoms with Gasteiger partial charge in [0.25, 0.3) is 0 Å². The molecule has 0 bridgehead atoms. The second-order valence-corrected chi connectivity index (χ2v) is 4.94. The molecule has 2 aliphatic carbocycles. The monoisotopic (exact) mass is 191 g/mol. The molecule has 2 atom stereocenters. The highest BCUT2D eigenvalue weighted by Gasteiger charge is 2.54. The summed E-state index contributed by atoms with van der Waals surface area (Å²) in [6.45, 7) is 2.22. The second kappa shape index (κ2) is 2.94. The first-order valence-electron chi connectivity index (χ1n) is 5.56. The van der Waals surface area contributed by atoms with E-state index in [-0.39, 0.29) is 6.10 Å². The summed E-state index contributed by atoms with van der Waals surface area (Å²) >= 11 is 0. The van der Waals surface area contributed by atoms with Gasteiger partial charge >= 0.3 is 0 Å². The van der Waals surface area contributed by atoms with Gasteiger partial charge in [0.2, 0.25) is 0 Å². The van der Waals surface area contributed by atoms with Crippen molar-refractivity contribution in [1.82, 2.24) is 4.90 Å². The van der Waals surface area contributed by atoms with Crippen molar-refractivity contribution in [2.75, 3.05) is 13.1 Å². The van der Waals surface area contributed by atoms with Crippen LogP contribution in [0.3, 0.4) is 0 Å². The maximum absolute atomic E-state index is 9.68. The lowest BCUT2D eigenvalue weighted by Gasteiger charge is -2.60. The molecule has 14 heavy (non-hydrogen) atoms. The first kappa shape index (κ1) is 8.69. The summed E-state index contributed by atoms with van der Waals surface area (Å²) < 4.78 is 0. The SMILES string of the molecule is O[C@H]1CCC12CN([C@H]1C=CC=CC1)C2. The Morgan fingerprint density at radius 3 is 2.64 bits per heavy atom. The molecule has 2 fully saturated rings. The average Bonchev–Trinajstić information content (AvgIpc) is 2.15. The van der Waals surface area contributed by atoms with E-state index in [9.17, 15) is 5.11 Å². The van der Waals surface area contributed by atoms with Crippen LogP contribution in [0.15, 0.2) is 24.3 Å². The van der Waals surface area contributed by atoms with Crippen LogP contribution in [-0.2, 0) is 0 Å². The molecule has 1 saturated carbocycles. The Morgan fingerprint density at radius 1 is 1.29 bits per heavy atom. The van der Waals surface area contributed by atoms with Crippen LogP contribution in [-0.4, -0.2) is 35.2 Å². The Labute approximate surface area is 84.9 Å². The van der Waals surface area contributed by atoms with E-state index in [4.69, 9.17) is 0 Å². The van der Waals surface area contributed by atoms with E-state index in [1.807, 2.05) is 0 Å². The van der Waals surface area contributed by atoms with Crippen molar-refractivity contribution in [1.29, 1.82) is 0 Å². The molecule has 0 aromatic heterocycles. The summed E-state index contributed by atoms with van der Waals surface area (Å²) in [6, 6.07) is 0.596. The lowest BCUT2D eigenvalue weighted by molar-refractivity contribution is -0.164. The minimum atomic E-state index is -0.0122. The fraction of sp³-hybridized carbons (Fsp3) is 0.667. The van der Waals surface area contributed by atoms with Crippen LogP contribution in [0.2, 0.25) is 0 Å². The number of hydrogen-bond acceptors (Lipinski definition) is 2. The summed E-state index contributed by atoms with van der Waals surface area (Å²) in [7, 11) is 0. The van der Waals surface area contributed by atoms with Gasteiger partial charge in [0.05, 0.1) is 6.10 Å². The summed E-state index contributed by atoms with van der Waals surface area (Å²) in [4.78, 5) is 2.49. The van der Waals surface area contributed by atoms with Gasteiger partial charge in [-0.1, -0.05) is 24.3 Å². The largest absolute Gasteiger partial charge is 0.392 e. The van der Waals surface area contributed by atoms with E-state index < -0.39 is 0 Å². The van der Waals surface area contributed by atoms with Gasteiger partial charge in [0.1, 0.15) is 0 Å². The number of nitrogens with zero attached hydrogens (tertiary/aromatic N) is 1. The van der Waals surface area contributed by atoms with Crippen molar-refractivity contribution in [3.8, 4) is 0 Å². The summed E-state index contributed by atoms with van der Waals surface area (Å²) in [5.41, 5.74) is 0.301. The second-order valence-electron chi connectivity index (χ2n) is 4.94. The first-order chi connectivity index (χ1) is 6.80. The van der Waals surface area contributed by atoms with E-state index in [1.165, 1.54) is 6.42 Å². The minimum absolute atomic E-state index is 0.0122. The number of hydrogen-bond donors (Lipinski definition) is 1. The molecule has 0 radical (unpaired) electrons. The number of aliphatic hydroxyl groups excluding tert-OH is 1. The zero-order valence-electron chi connectivity index (χ0n) is 8.39. The minimum Gasteiger partial charge on any atom is -0.392 e. The molecule has 2 heteroatoms. The van der Waals surface area contributed by atoms with Gasteiger partial charge in [-0.05, 0) is 19.3 Å². The van der Waals surface area contributed by atoms with E-state index in [2.05, 4.69) is 29.2 Å². The topological polar surface area (TPSA) is 23.5 Å². The molecular weight excluding hydrogens is 174 g/mol. The van der Waals surface area contributed by atoms with Crippen molar-refractivity contribution in [2.45, 2.75) is 31.4 Å². The van der Waals surface area contributed by atoms with Crippen LogP contribution >= 0.6 is 0 Å². The van der Waals surface area contributed by atoms with Gasteiger partial charge in [-0.3, -0.25) is 4.90 Å². The molecule has 76 valence electrons. The zero-order valence-corrected chi connectivity index (χ0v) is 8.39. The Bertz CT molecular complexity index is 289. The standard InChI is InChI=1S/C12H17NO/c14-11-6-7-12(11)8-13(9-12)10-4-2-1-3-5-10/h1-4,10-11,14H,5-9H2/t10-,11-/m0/s1. The van der Waals surface area contributed by atoms with Crippen LogP contribution in [0.4, 0.5) is 0 Å². The molecule has 1 aliphatic heterocycles. The molecule has 0 aromatic carbocycles. The number of allylic oxidation sites excluding steroid dienone is 2. The lowest BCUT2D eigenvalue weighted by atomic mass is 9.60. The van der Waals surface area contributed by atoms with Crippen molar-refractivity contribution < 1.29 is 5.11 Å². The number of likely N-dealkylation sites (tertiary alicyclic amines) is 1. The van der Waals surface area contributed by atoms with Gasteiger partial charge in [-0.15, -0.1) is 0 Å². The molecule has 3 aliphatic rings. The quantitative estimate of drug-likeness (QED) is 0.676. The van der Waals surface area contributed by atoms with Crippen LogP contribution in [0.5, 0.6) is 0 Å². The van der Waals surface area contributed by atoms with Crippen LogP contribution in [0.1, 0.15) is 19.3 Å². The van der Waals surface area contributed by atoms with Gasteiger partial charge in [0.15, 0.2) is 0 Å². The third-order valence-electron chi connectivity index (χ3n) is 4.09. The van der Waals surface area contributed by atoms with Crippen LogP contribution < -0.4 is 0 Å². The lowest BCUT2D eigenvalue weighted by Crippen LogP contribution is -2.68. The molecule has 1 saturated heterocycles. The van der Waals surface area contributed by atoms with Crippen LogP contribution in [0, 0.1) is 5.41 Å². The summed E-state index contributed by atoms with van der Waals surface area (Å²) in [6.07, 6.45) is 12.1. The highest BCUT2D eigenvalue weighted by atomic mass is 16.3. The van der Waals surface area contributed by atoms with Crippen LogP contribution in [0.25, 0.3) is 0 Å². The number of rotatable bonds is 1. The van der Waals surface area contributed by atoms with E-state index >= 15 is 0 Å². The molecule has 1 heterocycles. The van der Waals surface area contributed by atoms with Crippen molar-refractivity contribution in [3.05, 3.63) is 24.3 Å². The van der Waals surface area contributed by atoms with Gasteiger partial charge in [-0.2, -0.15) is 0 Å². The predicted octanol–water partition coefficient (Wildman–Crippen LogP) is 1.33. The molecule has 2 nitrogen and oxygen atoms in total. The third kappa shape index (κ3) is 1.11. The maximum Gasteiger partial charge on any atom is 0.0621 e. The Hall–Kier alpha value is -0.600. The van der Waals surface area contributed by atoms with Gasteiger partial charge in [-0.25, -0.2) is 0 Å². The molecule has 1 N–H and O–H groups in total. The molecule has 0 unspecified atom stereocenters. The van der Waals surface area contributed by atoms with Gasteiger partial charge in [0, 0.05) is 24.5 Å². The fourth-order valence-electron chi connectivity index (χ4n) is 2.89. The fourth-order valence-corrected chi connectivity index (χ4v) is 2.89. The average molecular weight is 191 g/mol. The van der Waals surface area contributed by atoms with Crippen molar-refractivity contribution in [2.24, 2.45) is 5.41 Å². The smallest absolute Gasteiger partial charge is 0.0621 e. The molecule has 1 spiro atoms.